The molecule has 0 radical (unpaired) electrons. The first-order chi connectivity index (χ1) is 11.8. The fraction of sp³-hybridized carbons (Fsp3) is 0.333. The topological polar surface area (TPSA) is 89.9 Å². The van der Waals surface area contributed by atoms with Crippen molar-refractivity contribution in [2.45, 2.75) is 32.9 Å². The van der Waals surface area contributed by atoms with Crippen molar-refractivity contribution in [3.05, 3.63) is 47.8 Å². The summed E-state index contributed by atoms with van der Waals surface area (Å²) in [5, 5.41) is 5.33. The number of carbonyl (C=O) groups is 1. The Morgan fingerprint density at radius 1 is 1.28 bits per heavy atom. The minimum atomic E-state index is -0.434. The summed E-state index contributed by atoms with van der Waals surface area (Å²) in [5.41, 5.74) is 7.44. The lowest BCUT2D eigenvalue weighted by atomic mass is 10.1. The number of hydrogen-bond donors (Lipinski definition) is 1. The zero-order valence-corrected chi connectivity index (χ0v) is 14.9. The van der Waals surface area contributed by atoms with Crippen LogP contribution in [0.15, 0.2) is 36.7 Å². The smallest absolute Gasteiger partial charge is 0.248 e. The molecule has 1 amide bonds. The molecule has 0 aliphatic rings. The molecule has 2 N–H and O–H groups in total. The number of amides is 1. The van der Waals surface area contributed by atoms with Gasteiger partial charge in [0.25, 0.3) is 0 Å². The van der Waals surface area contributed by atoms with Crippen molar-refractivity contribution in [3.8, 4) is 0 Å². The lowest BCUT2D eigenvalue weighted by Gasteiger charge is -2.21. The molecule has 0 bridgehead atoms. The number of hydrogen-bond acceptors (Lipinski definition) is 5. The van der Waals surface area contributed by atoms with E-state index < -0.39 is 5.91 Å². The van der Waals surface area contributed by atoms with Gasteiger partial charge in [0, 0.05) is 25.4 Å². The summed E-state index contributed by atoms with van der Waals surface area (Å²) in [6.07, 6.45) is 3.56. The molecule has 3 aromatic rings. The van der Waals surface area contributed by atoms with Crippen LogP contribution in [-0.2, 0) is 12.1 Å². The molecule has 0 unspecified atom stereocenters. The highest BCUT2D eigenvalue weighted by molar-refractivity contribution is 5.92. The highest BCUT2D eigenvalue weighted by Gasteiger charge is 2.19. The van der Waals surface area contributed by atoms with E-state index in [9.17, 15) is 4.79 Å². The third-order valence-electron chi connectivity index (χ3n) is 3.90. The van der Waals surface area contributed by atoms with Gasteiger partial charge in [0.05, 0.1) is 17.1 Å². The van der Waals surface area contributed by atoms with Gasteiger partial charge < -0.3 is 10.6 Å². The number of fused-ring (bicyclic) bond motifs is 1. The van der Waals surface area contributed by atoms with E-state index in [1.807, 2.05) is 28.8 Å². The number of nitrogens with two attached hydrogens (primary N) is 1. The van der Waals surface area contributed by atoms with Crippen LogP contribution < -0.4 is 10.6 Å². The van der Waals surface area contributed by atoms with E-state index in [1.54, 1.807) is 24.5 Å². The van der Waals surface area contributed by atoms with Gasteiger partial charge in [-0.3, -0.25) is 4.79 Å². The first-order valence-electron chi connectivity index (χ1n) is 8.07. The average Bonchev–Trinajstić information content (AvgIpc) is 2.98. The van der Waals surface area contributed by atoms with Gasteiger partial charge in [0.1, 0.15) is 0 Å². The fourth-order valence-electron chi connectivity index (χ4n) is 2.65. The number of rotatable bonds is 4. The van der Waals surface area contributed by atoms with E-state index in [0.717, 1.165) is 16.6 Å². The summed E-state index contributed by atoms with van der Waals surface area (Å²) in [6.45, 7) is 6.82. The molecule has 0 saturated carbocycles. The molecule has 0 saturated heterocycles. The zero-order valence-electron chi connectivity index (χ0n) is 14.9. The maximum Gasteiger partial charge on any atom is 0.248 e. The molecule has 25 heavy (non-hydrogen) atoms. The van der Waals surface area contributed by atoms with Crippen LogP contribution >= 0.6 is 0 Å². The molecular formula is C18H22N6O. The van der Waals surface area contributed by atoms with E-state index in [-0.39, 0.29) is 5.54 Å². The van der Waals surface area contributed by atoms with E-state index in [1.165, 1.54) is 0 Å². The van der Waals surface area contributed by atoms with Crippen LogP contribution in [0.5, 0.6) is 0 Å². The summed E-state index contributed by atoms with van der Waals surface area (Å²) in [7, 11) is 1.91. The largest absolute Gasteiger partial charge is 0.366 e. The second-order valence-electron chi connectivity index (χ2n) is 7.10. The quantitative estimate of drug-likeness (QED) is 0.788. The number of carbonyl (C=O) groups excluding carboxylic acids is 1. The molecule has 0 fully saturated rings. The van der Waals surface area contributed by atoms with Gasteiger partial charge in [-0.05, 0) is 38.5 Å². The van der Waals surface area contributed by atoms with E-state index in [2.05, 4.69) is 35.8 Å². The highest BCUT2D eigenvalue weighted by Crippen LogP contribution is 2.21. The Balaban J connectivity index is 1.91. The Morgan fingerprint density at radius 2 is 2.04 bits per heavy atom. The standard InChI is InChI=1S/C18H22N6O/c1-18(2,3)24-16-14(10-21-24)9-20-17(22-16)23(4)11-12-6-5-7-13(8-12)15(19)25/h5-10H,11H2,1-4H3,(H2,19,25). The molecule has 3 rings (SSSR count). The molecule has 0 aliphatic carbocycles. The Bertz CT molecular complexity index is 925. The van der Waals surface area contributed by atoms with Crippen LogP contribution in [0.25, 0.3) is 11.0 Å². The van der Waals surface area contributed by atoms with Gasteiger partial charge in [-0.25, -0.2) is 9.67 Å². The molecule has 7 nitrogen and oxygen atoms in total. The lowest BCUT2D eigenvalue weighted by molar-refractivity contribution is 0.1000. The molecule has 7 heteroatoms. The Labute approximate surface area is 146 Å². The van der Waals surface area contributed by atoms with Crippen molar-refractivity contribution >= 4 is 22.9 Å². The predicted octanol–water partition coefficient (Wildman–Crippen LogP) is 2.32. The van der Waals surface area contributed by atoms with Crippen LogP contribution in [0.1, 0.15) is 36.7 Å². The second kappa shape index (κ2) is 6.16. The van der Waals surface area contributed by atoms with Crippen molar-refractivity contribution in [1.29, 1.82) is 0 Å². The lowest BCUT2D eigenvalue weighted by Crippen LogP contribution is -2.24. The molecule has 2 heterocycles. The van der Waals surface area contributed by atoms with Crippen molar-refractivity contribution in [3.63, 3.8) is 0 Å². The fourth-order valence-corrected chi connectivity index (χ4v) is 2.65. The van der Waals surface area contributed by atoms with Crippen LogP contribution in [0.2, 0.25) is 0 Å². The molecule has 2 aromatic heterocycles. The van der Waals surface area contributed by atoms with Gasteiger partial charge in [0.15, 0.2) is 5.65 Å². The number of benzene rings is 1. The predicted molar refractivity (Wildman–Crippen MR) is 97.4 cm³/mol. The van der Waals surface area contributed by atoms with Gasteiger partial charge in [0.2, 0.25) is 11.9 Å². The van der Waals surface area contributed by atoms with Crippen molar-refractivity contribution in [2.24, 2.45) is 5.73 Å². The number of anilines is 1. The summed E-state index contributed by atoms with van der Waals surface area (Å²) in [5.74, 6) is 0.166. The van der Waals surface area contributed by atoms with Crippen LogP contribution in [0, 0.1) is 0 Å². The SMILES string of the molecule is CN(Cc1cccc(C(N)=O)c1)c1ncc2cnn(C(C)(C)C)c2n1. The zero-order chi connectivity index (χ0) is 18.2. The second-order valence-corrected chi connectivity index (χ2v) is 7.10. The van der Waals surface area contributed by atoms with Gasteiger partial charge in [-0.2, -0.15) is 10.1 Å². The number of nitrogens with zero attached hydrogens (tertiary/aromatic N) is 5. The minimum absolute atomic E-state index is 0.165. The van der Waals surface area contributed by atoms with Crippen LogP contribution in [0.4, 0.5) is 5.95 Å². The average molecular weight is 338 g/mol. The maximum absolute atomic E-state index is 11.3. The first kappa shape index (κ1) is 16.9. The summed E-state index contributed by atoms with van der Waals surface area (Å²) < 4.78 is 1.90. The molecular weight excluding hydrogens is 316 g/mol. The Morgan fingerprint density at radius 3 is 2.72 bits per heavy atom. The van der Waals surface area contributed by atoms with E-state index in [4.69, 9.17) is 5.73 Å². The first-order valence-corrected chi connectivity index (χ1v) is 8.07. The van der Waals surface area contributed by atoms with Gasteiger partial charge in [-0.1, -0.05) is 12.1 Å². The summed E-state index contributed by atoms with van der Waals surface area (Å²) in [4.78, 5) is 22.4. The van der Waals surface area contributed by atoms with Gasteiger partial charge in [-0.15, -0.1) is 0 Å². The highest BCUT2D eigenvalue weighted by atomic mass is 16.1. The molecule has 1 aromatic carbocycles. The monoisotopic (exact) mass is 338 g/mol. The molecule has 0 spiro atoms. The summed E-state index contributed by atoms with van der Waals surface area (Å²) in [6, 6.07) is 7.26. The third-order valence-corrected chi connectivity index (χ3v) is 3.90. The molecule has 0 atom stereocenters. The van der Waals surface area contributed by atoms with Crippen LogP contribution in [-0.4, -0.2) is 32.7 Å². The summed E-state index contributed by atoms with van der Waals surface area (Å²) >= 11 is 0. The van der Waals surface area contributed by atoms with Crippen LogP contribution in [0.3, 0.4) is 0 Å². The van der Waals surface area contributed by atoms with Gasteiger partial charge >= 0.3 is 0 Å². The van der Waals surface area contributed by atoms with E-state index in [0.29, 0.717) is 18.1 Å². The normalized spacial score (nSPS) is 11.7. The Hall–Kier alpha value is -2.96. The number of aromatic nitrogens is 4. The van der Waals surface area contributed by atoms with Crippen molar-refractivity contribution in [1.82, 2.24) is 19.7 Å². The maximum atomic E-state index is 11.3. The Kier molecular flexibility index (Phi) is 4.16. The minimum Gasteiger partial charge on any atom is -0.366 e. The van der Waals surface area contributed by atoms with Crippen molar-refractivity contribution in [2.75, 3.05) is 11.9 Å². The molecule has 0 aliphatic heterocycles. The van der Waals surface area contributed by atoms with E-state index >= 15 is 0 Å². The molecule has 130 valence electrons. The third kappa shape index (κ3) is 3.45. The number of primary amides is 1. The van der Waals surface area contributed by atoms with Crippen molar-refractivity contribution < 1.29 is 4.79 Å².